The minimum atomic E-state index is -5.09. The smallest absolute Gasteiger partial charge is 0.416 e. The number of nitrogens with zero attached hydrogens (tertiary/aromatic N) is 4. The first-order chi connectivity index (χ1) is 25.1. The monoisotopic (exact) mass is 777 g/mol. The van der Waals surface area contributed by atoms with E-state index in [2.05, 4.69) is 15.3 Å². The summed E-state index contributed by atoms with van der Waals surface area (Å²) in [6, 6.07) is 2.25. The van der Waals surface area contributed by atoms with Gasteiger partial charge >= 0.3 is 30.6 Å². The van der Waals surface area contributed by atoms with E-state index in [4.69, 9.17) is 9.47 Å². The highest BCUT2D eigenvalue weighted by Gasteiger charge is 2.41. The number of halogens is 9. The van der Waals surface area contributed by atoms with Gasteiger partial charge in [-0.25, -0.2) is 14.8 Å². The van der Waals surface area contributed by atoms with Crippen molar-refractivity contribution in [2.45, 2.75) is 70.6 Å². The fourth-order valence-electron chi connectivity index (χ4n) is 6.19. The second-order valence-electron chi connectivity index (χ2n) is 13.6. The standard InChI is InChI=1S/C35H36F9N5O5/c1-4-23-16-25(24-15-20(33(36,37)38)5-6-27(24)49(23)31(52)54-18-32(2,3)29(50)51)46-30-45-17-28(48-7-9-53-10-8-48)26(47-30)13-19-11-21(34(39,40)41)14-22(12-19)35(42,43)44/h5-6,11-12,14-15,17,23,25H,4,7-10,13,16,18H2,1-3H3,(H,50,51)(H,45,46,47)/t23-,25+/m1/s1. The van der Waals surface area contributed by atoms with E-state index in [1.807, 2.05) is 0 Å². The van der Waals surface area contributed by atoms with Gasteiger partial charge in [0.15, 0.2) is 0 Å². The Morgan fingerprint density at radius 3 is 2.07 bits per heavy atom. The van der Waals surface area contributed by atoms with Crippen LogP contribution in [0.25, 0.3) is 0 Å². The first-order valence-electron chi connectivity index (χ1n) is 16.7. The highest BCUT2D eigenvalue weighted by Crippen LogP contribution is 2.44. The molecule has 1 saturated heterocycles. The number of anilines is 3. The van der Waals surface area contributed by atoms with Crippen LogP contribution in [0.15, 0.2) is 42.6 Å². The summed E-state index contributed by atoms with van der Waals surface area (Å²) >= 11 is 0. The number of aliphatic carboxylic acids is 1. The van der Waals surface area contributed by atoms with E-state index in [0.717, 1.165) is 23.1 Å². The van der Waals surface area contributed by atoms with Crippen molar-refractivity contribution in [2.24, 2.45) is 5.41 Å². The van der Waals surface area contributed by atoms with Gasteiger partial charge in [0.1, 0.15) is 6.61 Å². The van der Waals surface area contributed by atoms with Crippen molar-refractivity contribution in [3.05, 3.63) is 76.1 Å². The van der Waals surface area contributed by atoms with Crippen LogP contribution in [-0.2, 0) is 39.2 Å². The van der Waals surface area contributed by atoms with E-state index >= 15 is 0 Å². The number of amides is 1. The van der Waals surface area contributed by atoms with Gasteiger partial charge in [-0.1, -0.05) is 6.92 Å². The molecule has 0 aliphatic carbocycles. The molecule has 3 heterocycles. The van der Waals surface area contributed by atoms with Gasteiger partial charge in [-0.05, 0) is 74.2 Å². The van der Waals surface area contributed by atoms with Crippen molar-refractivity contribution < 1.29 is 63.7 Å². The summed E-state index contributed by atoms with van der Waals surface area (Å²) in [5.41, 5.74) is -5.50. The molecule has 0 unspecified atom stereocenters. The van der Waals surface area contributed by atoms with Crippen LogP contribution in [0.1, 0.15) is 73.2 Å². The van der Waals surface area contributed by atoms with Gasteiger partial charge in [0.25, 0.3) is 0 Å². The number of ether oxygens (including phenoxy) is 2. The van der Waals surface area contributed by atoms with E-state index in [1.54, 1.807) is 11.8 Å². The predicted molar refractivity (Wildman–Crippen MR) is 176 cm³/mol. The fourth-order valence-corrected chi connectivity index (χ4v) is 6.19. The van der Waals surface area contributed by atoms with Crippen molar-refractivity contribution in [2.75, 3.05) is 48.0 Å². The molecule has 2 aromatic carbocycles. The van der Waals surface area contributed by atoms with Crippen LogP contribution in [0.3, 0.4) is 0 Å². The second-order valence-corrected chi connectivity index (χ2v) is 13.6. The Morgan fingerprint density at radius 2 is 1.52 bits per heavy atom. The summed E-state index contributed by atoms with van der Waals surface area (Å²) in [6.07, 6.45) is -14.9. The lowest BCUT2D eigenvalue weighted by Gasteiger charge is -2.40. The van der Waals surface area contributed by atoms with Gasteiger partial charge in [-0.2, -0.15) is 39.5 Å². The summed E-state index contributed by atoms with van der Waals surface area (Å²) < 4.78 is 135. The Hall–Kier alpha value is -4.81. The average molecular weight is 778 g/mol. The third kappa shape index (κ3) is 9.10. The molecule has 1 fully saturated rings. The molecule has 0 radical (unpaired) electrons. The number of carbonyl (C=O) groups is 2. The third-order valence-electron chi connectivity index (χ3n) is 9.19. The van der Waals surface area contributed by atoms with Crippen LogP contribution in [0.2, 0.25) is 0 Å². The SMILES string of the molecule is CC[C@@H]1C[C@H](Nc2ncc(N3CCOCC3)c(Cc3cc(C(F)(F)F)cc(C(F)(F)F)c3)n2)c2cc(C(F)(F)F)ccc2N1C(=O)OCC(C)(C)C(=O)O. The zero-order chi connectivity index (χ0) is 39.8. The molecule has 10 nitrogen and oxygen atoms in total. The molecule has 0 saturated carbocycles. The Morgan fingerprint density at radius 1 is 0.907 bits per heavy atom. The number of alkyl halides is 9. The molecule has 294 valence electrons. The number of hydrogen-bond acceptors (Lipinski definition) is 8. The summed E-state index contributed by atoms with van der Waals surface area (Å²) in [5.74, 6) is -1.43. The van der Waals surface area contributed by atoms with E-state index in [0.29, 0.717) is 30.9 Å². The van der Waals surface area contributed by atoms with Crippen LogP contribution < -0.4 is 15.1 Å². The maximum atomic E-state index is 14.0. The van der Waals surface area contributed by atoms with Gasteiger partial charge in [-0.3, -0.25) is 9.69 Å². The Balaban J connectivity index is 1.56. The largest absolute Gasteiger partial charge is 0.481 e. The molecule has 2 aliphatic heterocycles. The van der Waals surface area contributed by atoms with Crippen LogP contribution in [0.5, 0.6) is 0 Å². The lowest BCUT2D eigenvalue weighted by molar-refractivity contribution is -0.149. The molecular weight excluding hydrogens is 741 g/mol. The molecule has 3 aromatic rings. The van der Waals surface area contributed by atoms with Crippen molar-refractivity contribution in [3.8, 4) is 0 Å². The summed E-state index contributed by atoms with van der Waals surface area (Å²) in [7, 11) is 0. The van der Waals surface area contributed by atoms with Crippen LogP contribution >= 0.6 is 0 Å². The molecule has 19 heteroatoms. The van der Waals surface area contributed by atoms with E-state index in [1.165, 1.54) is 20.0 Å². The summed E-state index contributed by atoms with van der Waals surface area (Å²) in [4.78, 5) is 36.8. The summed E-state index contributed by atoms with van der Waals surface area (Å²) in [5, 5.41) is 12.4. The predicted octanol–water partition coefficient (Wildman–Crippen LogP) is 8.35. The van der Waals surface area contributed by atoms with E-state index in [-0.39, 0.29) is 60.6 Å². The van der Waals surface area contributed by atoms with Crippen LogP contribution in [0.4, 0.5) is 61.6 Å². The van der Waals surface area contributed by atoms with Gasteiger partial charge in [0.05, 0.1) is 64.6 Å². The highest BCUT2D eigenvalue weighted by molar-refractivity contribution is 5.91. The number of carboxylic acids is 1. The van der Waals surface area contributed by atoms with Crippen LogP contribution in [0, 0.1) is 5.41 Å². The van der Waals surface area contributed by atoms with Crippen LogP contribution in [-0.4, -0.2) is 66.1 Å². The van der Waals surface area contributed by atoms with Crippen molar-refractivity contribution in [1.29, 1.82) is 0 Å². The maximum Gasteiger partial charge on any atom is 0.416 e. The Labute approximate surface area is 303 Å². The quantitative estimate of drug-likeness (QED) is 0.207. The number of rotatable bonds is 9. The lowest BCUT2D eigenvalue weighted by atomic mass is 9.89. The minimum Gasteiger partial charge on any atom is -0.481 e. The fraction of sp³-hybridized carbons (Fsp3) is 0.486. The molecule has 1 amide bonds. The second kappa shape index (κ2) is 15.1. The van der Waals surface area contributed by atoms with Gasteiger partial charge < -0.3 is 24.8 Å². The van der Waals surface area contributed by atoms with Gasteiger partial charge in [-0.15, -0.1) is 0 Å². The minimum absolute atomic E-state index is 0.0147. The molecule has 1 aromatic heterocycles. The van der Waals surface area contributed by atoms with Crippen molar-refractivity contribution in [1.82, 2.24) is 9.97 Å². The zero-order valence-electron chi connectivity index (χ0n) is 29.1. The number of hydrogen-bond donors (Lipinski definition) is 2. The van der Waals surface area contributed by atoms with Gasteiger partial charge in [0.2, 0.25) is 5.95 Å². The average Bonchev–Trinajstić information content (AvgIpc) is 3.09. The van der Waals surface area contributed by atoms with Gasteiger partial charge in [0, 0.05) is 25.6 Å². The molecule has 2 aliphatic rings. The molecule has 2 atom stereocenters. The number of fused-ring (bicyclic) bond motifs is 1. The number of nitrogens with one attached hydrogen (secondary N) is 1. The number of carbonyl (C=O) groups excluding carboxylic acids is 1. The summed E-state index contributed by atoms with van der Waals surface area (Å²) in [6.45, 7) is 5.01. The number of aromatic nitrogens is 2. The molecule has 54 heavy (non-hydrogen) atoms. The first-order valence-corrected chi connectivity index (χ1v) is 16.7. The first kappa shape index (κ1) is 40.4. The molecular formula is C35H36F9N5O5. The van der Waals surface area contributed by atoms with Crippen molar-refractivity contribution >= 4 is 29.4 Å². The molecule has 0 bridgehead atoms. The lowest BCUT2D eigenvalue weighted by Crippen LogP contribution is -2.47. The Kier molecular flexibility index (Phi) is 11.3. The third-order valence-corrected chi connectivity index (χ3v) is 9.19. The highest BCUT2D eigenvalue weighted by atomic mass is 19.4. The normalized spacial score (nSPS) is 18.3. The topological polar surface area (TPSA) is 117 Å². The maximum absolute atomic E-state index is 14.0. The number of morpholine rings is 1. The number of benzene rings is 2. The zero-order valence-corrected chi connectivity index (χ0v) is 29.1. The molecule has 0 spiro atoms. The molecule has 5 rings (SSSR count). The van der Waals surface area contributed by atoms with Crippen molar-refractivity contribution in [3.63, 3.8) is 0 Å². The van der Waals surface area contributed by atoms with E-state index in [9.17, 15) is 54.2 Å². The van der Waals surface area contributed by atoms with E-state index < -0.39 is 77.8 Å². The Bertz CT molecular complexity index is 1830. The number of carboxylic acid groups (broad SMARTS) is 1. The molecule has 2 N–H and O–H groups in total.